The molecule has 1 aromatic carbocycles. The summed E-state index contributed by atoms with van der Waals surface area (Å²) in [7, 11) is 3.11. The monoisotopic (exact) mass is 299 g/mol. The van der Waals surface area contributed by atoms with Gasteiger partial charge in [0.2, 0.25) is 0 Å². The van der Waals surface area contributed by atoms with Crippen LogP contribution < -0.4 is 14.8 Å². The van der Waals surface area contributed by atoms with Crippen LogP contribution in [-0.4, -0.2) is 30.1 Å². The molecule has 0 atom stereocenters. The summed E-state index contributed by atoms with van der Waals surface area (Å²) in [5, 5.41) is 2.79. The molecule has 0 aliphatic heterocycles. The van der Waals surface area contributed by atoms with E-state index in [1.807, 2.05) is 0 Å². The molecular weight excluding hydrogens is 282 g/mol. The Morgan fingerprint density at radius 3 is 2.50 bits per heavy atom. The van der Waals surface area contributed by atoms with E-state index in [-0.39, 0.29) is 5.91 Å². The summed E-state index contributed by atoms with van der Waals surface area (Å²) in [4.78, 5) is 20.8. The zero-order valence-corrected chi connectivity index (χ0v) is 12.5. The van der Waals surface area contributed by atoms with Crippen molar-refractivity contribution < 1.29 is 14.3 Å². The van der Waals surface area contributed by atoms with Crippen molar-refractivity contribution in [3.05, 3.63) is 42.0 Å². The van der Waals surface area contributed by atoms with Crippen LogP contribution >= 0.6 is 0 Å². The van der Waals surface area contributed by atoms with E-state index in [0.29, 0.717) is 28.7 Å². The number of hydrogen-bond acceptors (Lipinski definition) is 5. The third kappa shape index (κ3) is 3.00. The van der Waals surface area contributed by atoms with Crippen LogP contribution in [-0.2, 0) is 0 Å². The first kappa shape index (κ1) is 14.3. The number of carbonyl (C=O) groups is 1. The van der Waals surface area contributed by atoms with Crippen LogP contribution in [0.1, 0.15) is 34.9 Å². The number of hydrogen-bond donors (Lipinski definition) is 1. The predicted molar refractivity (Wildman–Crippen MR) is 81.5 cm³/mol. The predicted octanol–water partition coefficient (Wildman–Crippen LogP) is 2.62. The highest BCUT2D eigenvalue weighted by atomic mass is 16.5. The normalized spacial score (nSPS) is 13.5. The molecule has 1 aliphatic carbocycles. The Morgan fingerprint density at radius 2 is 1.91 bits per heavy atom. The van der Waals surface area contributed by atoms with Crippen molar-refractivity contribution in [2.45, 2.75) is 18.8 Å². The molecule has 1 heterocycles. The molecule has 0 saturated heterocycles. The van der Waals surface area contributed by atoms with E-state index in [1.165, 1.54) is 0 Å². The van der Waals surface area contributed by atoms with Gasteiger partial charge in [-0.2, -0.15) is 0 Å². The third-order valence-corrected chi connectivity index (χ3v) is 3.53. The number of nitrogens with one attached hydrogen (secondary N) is 1. The maximum absolute atomic E-state index is 12.3. The number of nitrogens with zero attached hydrogens (tertiary/aromatic N) is 2. The number of aromatic nitrogens is 2. The highest BCUT2D eigenvalue weighted by Crippen LogP contribution is 2.37. The molecule has 6 nitrogen and oxygen atoms in total. The van der Waals surface area contributed by atoms with Crippen LogP contribution in [0.2, 0.25) is 0 Å². The first-order valence-corrected chi connectivity index (χ1v) is 7.06. The third-order valence-electron chi connectivity index (χ3n) is 3.53. The molecule has 0 radical (unpaired) electrons. The van der Waals surface area contributed by atoms with Crippen LogP contribution in [0.5, 0.6) is 11.5 Å². The Bertz CT molecular complexity index is 682. The van der Waals surface area contributed by atoms with Crippen molar-refractivity contribution in [2.75, 3.05) is 19.5 Å². The summed E-state index contributed by atoms with van der Waals surface area (Å²) in [6, 6.07) is 5.21. The molecular formula is C16H17N3O3. The number of amides is 1. The van der Waals surface area contributed by atoms with Crippen molar-refractivity contribution in [3.63, 3.8) is 0 Å². The van der Waals surface area contributed by atoms with Crippen molar-refractivity contribution in [1.29, 1.82) is 0 Å². The summed E-state index contributed by atoms with van der Waals surface area (Å²) in [5.41, 5.74) is 0.951. The molecule has 1 saturated carbocycles. The summed E-state index contributed by atoms with van der Waals surface area (Å²) in [6.45, 7) is 0. The fraction of sp³-hybridized carbons (Fsp3) is 0.312. The number of carbonyl (C=O) groups excluding carboxylic acids is 1. The van der Waals surface area contributed by atoms with Gasteiger partial charge in [-0.3, -0.25) is 4.79 Å². The Balaban J connectivity index is 1.78. The lowest BCUT2D eigenvalue weighted by Crippen LogP contribution is -2.14. The molecule has 1 amide bonds. The fourth-order valence-corrected chi connectivity index (χ4v) is 2.11. The molecule has 1 N–H and O–H groups in total. The Kier molecular flexibility index (Phi) is 3.91. The van der Waals surface area contributed by atoms with E-state index in [2.05, 4.69) is 15.3 Å². The van der Waals surface area contributed by atoms with Crippen molar-refractivity contribution in [3.8, 4) is 11.5 Å². The number of anilines is 1. The lowest BCUT2D eigenvalue weighted by Gasteiger charge is -2.11. The first-order chi connectivity index (χ1) is 10.7. The summed E-state index contributed by atoms with van der Waals surface area (Å²) in [5.74, 6) is 2.20. The summed E-state index contributed by atoms with van der Waals surface area (Å²) < 4.78 is 10.4. The second-order valence-corrected chi connectivity index (χ2v) is 5.12. The van der Waals surface area contributed by atoms with Crippen LogP contribution in [0.15, 0.2) is 30.6 Å². The van der Waals surface area contributed by atoms with E-state index < -0.39 is 0 Å². The van der Waals surface area contributed by atoms with Crippen molar-refractivity contribution in [2.24, 2.45) is 0 Å². The molecule has 1 aliphatic rings. The van der Waals surface area contributed by atoms with Crippen LogP contribution in [0.4, 0.5) is 5.69 Å². The Labute approximate surface area is 128 Å². The van der Waals surface area contributed by atoms with Gasteiger partial charge in [-0.05, 0) is 25.0 Å². The Morgan fingerprint density at radius 1 is 1.18 bits per heavy atom. The quantitative estimate of drug-likeness (QED) is 0.918. The molecule has 6 heteroatoms. The smallest absolute Gasteiger partial charge is 0.258 e. The summed E-state index contributed by atoms with van der Waals surface area (Å²) >= 11 is 0. The number of ether oxygens (including phenoxy) is 2. The maximum atomic E-state index is 12.3. The molecule has 1 aromatic heterocycles. The second kappa shape index (κ2) is 6.01. The van der Waals surface area contributed by atoms with Gasteiger partial charge in [-0.25, -0.2) is 9.97 Å². The minimum Gasteiger partial charge on any atom is -0.497 e. The first-order valence-electron chi connectivity index (χ1n) is 7.06. The molecule has 114 valence electrons. The lowest BCUT2D eigenvalue weighted by atomic mass is 10.2. The van der Waals surface area contributed by atoms with Crippen LogP contribution in [0.3, 0.4) is 0 Å². The lowest BCUT2D eigenvalue weighted by molar-refractivity contribution is 0.102. The SMILES string of the molecule is COc1ccc(OC)c(NC(=O)c2cnc(C3CC3)nc2)c1. The molecule has 0 unspecified atom stereocenters. The highest BCUT2D eigenvalue weighted by molar-refractivity contribution is 6.04. The van der Waals surface area contributed by atoms with E-state index in [9.17, 15) is 4.79 Å². The average Bonchev–Trinajstić information content (AvgIpc) is 3.40. The molecule has 3 rings (SSSR count). The standard InChI is InChI=1S/C16H17N3O3/c1-21-12-5-6-14(22-2)13(7-12)19-16(20)11-8-17-15(18-9-11)10-3-4-10/h5-10H,3-4H2,1-2H3,(H,19,20). The molecule has 1 fully saturated rings. The number of benzene rings is 1. The van der Waals surface area contributed by atoms with Gasteiger partial charge in [0.15, 0.2) is 0 Å². The van der Waals surface area contributed by atoms with Crippen LogP contribution in [0, 0.1) is 0 Å². The fourth-order valence-electron chi connectivity index (χ4n) is 2.11. The van der Waals surface area contributed by atoms with E-state index in [0.717, 1.165) is 18.7 Å². The van der Waals surface area contributed by atoms with Crippen LogP contribution in [0.25, 0.3) is 0 Å². The van der Waals surface area contributed by atoms with Gasteiger partial charge in [0, 0.05) is 24.4 Å². The Hall–Kier alpha value is -2.63. The van der Waals surface area contributed by atoms with E-state index in [4.69, 9.17) is 9.47 Å². The van der Waals surface area contributed by atoms with Gasteiger partial charge in [0.1, 0.15) is 17.3 Å². The zero-order chi connectivity index (χ0) is 15.5. The van der Waals surface area contributed by atoms with Crippen molar-refractivity contribution in [1.82, 2.24) is 9.97 Å². The van der Waals surface area contributed by atoms with Crippen molar-refractivity contribution >= 4 is 11.6 Å². The number of rotatable bonds is 5. The average molecular weight is 299 g/mol. The topological polar surface area (TPSA) is 73.3 Å². The largest absolute Gasteiger partial charge is 0.497 e. The van der Waals surface area contributed by atoms with Gasteiger partial charge >= 0.3 is 0 Å². The second-order valence-electron chi connectivity index (χ2n) is 5.12. The maximum Gasteiger partial charge on any atom is 0.258 e. The van der Waals surface area contributed by atoms with Gasteiger partial charge < -0.3 is 14.8 Å². The summed E-state index contributed by atoms with van der Waals surface area (Å²) in [6.07, 6.45) is 5.38. The van der Waals surface area contributed by atoms with Gasteiger partial charge in [0.05, 0.1) is 25.5 Å². The minimum absolute atomic E-state index is 0.283. The van der Waals surface area contributed by atoms with E-state index in [1.54, 1.807) is 44.8 Å². The zero-order valence-electron chi connectivity index (χ0n) is 12.5. The van der Waals surface area contributed by atoms with Gasteiger partial charge in [-0.15, -0.1) is 0 Å². The molecule has 2 aromatic rings. The van der Waals surface area contributed by atoms with Gasteiger partial charge in [0.25, 0.3) is 5.91 Å². The molecule has 22 heavy (non-hydrogen) atoms. The molecule has 0 bridgehead atoms. The molecule has 0 spiro atoms. The number of methoxy groups -OCH3 is 2. The van der Waals surface area contributed by atoms with E-state index >= 15 is 0 Å². The van der Waals surface area contributed by atoms with Gasteiger partial charge in [-0.1, -0.05) is 0 Å². The minimum atomic E-state index is -0.283. The highest BCUT2D eigenvalue weighted by Gasteiger charge is 2.26.